The minimum atomic E-state index is -0.276. The Morgan fingerprint density at radius 2 is 2.38 bits per heavy atom. The van der Waals surface area contributed by atoms with Crippen molar-refractivity contribution in [2.75, 3.05) is 18.0 Å². The highest BCUT2D eigenvalue weighted by Crippen LogP contribution is 2.26. The number of rotatable bonds is 4. The molecule has 88 valence electrons. The first-order valence-corrected chi connectivity index (χ1v) is 5.89. The maximum atomic E-state index is 12.8. The molecule has 0 amide bonds. The van der Waals surface area contributed by atoms with Crippen LogP contribution >= 0.6 is 0 Å². The Bertz CT molecular complexity index is 326. The minimum absolute atomic E-state index is 0.276. The van der Waals surface area contributed by atoms with Crippen molar-refractivity contribution in [2.24, 2.45) is 5.73 Å². The quantitative estimate of drug-likeness (QED) is 0.848. The first kappa shape index (κ1) is 11.3. The fourth-order valence-corrected chi connectivity index (χ4v) is 2.33. The second-order valence-electron chi connectivity index (χ2n) is 4.25. The lowest BCUT2D eigenvalue weighted by molar-refractivity contribution is 0.579. The number of nitrogens with zero attached hydrogens (tertiary/aromatic N) is 2. The summed E-state index contributed by atoms with van der Waals surface area (Å²) in [7, 11) is 0. The number of hydrogen-bond acceptors (Lipinski definition) is 3. The van der Waals surface area contributed by atoms with E-state index in [9.17, 15) is 4.39 Å². The molecule has 1 atom stereocenters. The van der Waals surface area contributed by atoms with Crippen LogP contribution in [0.25, 0.3) is 0 Å². The monoisotopic (exact) mass is 223 g/mol. The molecule has 0 saturated carbocycles. The maximum Gasteiger partial charge on any atom is 0.141 e. The van der Waals surface area contributed by atoms with Gasteiger partial charge in [-0.2, -0.15) is 0 Å². The summed E-state index contributed by atoms with van der Waals surface area (Å²) in [6, 6.07) is 3.76. The van der Waals surface area contributed by atoms with Gasteiger partial charge >= 0.3 is 0 Å². The summed E-state index contributed by atoms with van der Waals surface area (Å²) in [6.45, 7) is 1.76. The zero-order valence-corrected chi connectivity index (χ0v) is 9.40. The van der Waals surface area contributed by atoms with E-state index < -0.39 is 0 Å². The Balaban J connectivity index is 2.04. The number of pyridine rings is 1. The van der Waals surface area contributed by atoms with Crippen molar-refractivity contribution < 1.29 is 4.39 Å². The fourth-order valence-electron chi connectivity index (χ4n) is 2.33. The van der Waals surface area contributed by atoms with Crippen LogP contribution in [0.4, 0.5) is 10.2 Å². The Kier molecular flexibility index (Phi) is 3.72. The van der Waals surface area contributed by atoms with E-state index in [0.29, 0.717) is 6.04 Å². The third kappa shape index (κ3) is 2.50. The molecule has 4 heteroatoms. The molecule has 1 unspecified atom stereocenters. The molecule has 1 aliphatic heterocycles. The van der Waals surface area contributed by atoms with Crippen LogP contribution in [0.15, 0.2) is 18.3 Å². The van der Waals surface area contributed by atoms with Crippen LogP contribution in [0.5, 0.6) is 0 Å². The number of nitrogens with two attached hydrogens (primary N) is 1. The van der Waals surface area contributed by atoms with E-state index in [0.717, 1.165) is 31.7 Å². The maximum absolute atomic E-state index is 12.8. The van der Waals surface area contributed by atoms with Gasteiger partial charge in [0.15, 0.2) is 0 Å². The lowest BCUT2D eigenvalue weighted by Gasteiger charge is -2.25. The normalized spacial score (nSPS) is 20.4. The Morgan fingerprint density at radius 3 is 3.06 bits per heavy atom. The third-order valence-corrected chi connectivity index (χ3v) is 3.12. The van der Waals surface area contributed by atoms with Crippen molar-refractivity contribution >= 4 is 5.82 Å². The zero-order valence-electron chi connectivity index (χ0n) is 9.40. The Labute approximate surface area is 95.5 Å². The van der Waals surface area contributed by atoms with Crippen LogP contribution in [-0.2, 0) is 0 Å². The number of aromatic nitrogens is 1. The summed E-state index contributed by atoms with van der Waals surface area (Å²) in [5.74, 6) is 0.613. The van der Waals surface area contributed by atoms with Gasteiger partial charge < -0.3 is 10.6 Å². The Morgan fingerprint density at radius 1 is 1.50 bits per heavy atom. The predicted molar refractivity (Wildman–Crippen MR) is 62.9 cm³/mol. The van der Waals surface area contributed by atoms with Gasteiger partial charge in [0.1, 0.15) is 11.6 Å². The van der Waals surface area contributed by atoms with Gasteiger partial charge in [0.2, 0.25) is 0 Å². The topological polar surface area (TPSA) is 42.1 Å². The van der Waals surface area contributed by atoms with Crippen LogP contribution in [0.2, 0.25) is 0 Å². The molecule has 1 saturated heterocycles. The largest absolute Gasteiger partial charge is 0.354 e. The van der Waals surface area contributed by atoms with Crippen molar-refractivity contribution in [3.8, 4) is 0 Å². The summed E-state index contributed by atoms with van der Waals surface area (Å²) in [5, 5.41) is 0. The van der Waals surface area contributed by atoms with E-state index in [1.54, 1.807) is 6.07 Å². The van der Waals surface area contributed by atoms with Crippen molar-refractivity contribution in [2.45, 2.75) is 31.7 Å². The van der Waals surface area contributed by atoms with Gasteiger partial charge in [-0.1, -0.05) is 0 Å². The number of halogens is 1. The van der Waals surface area contributed by atoms with Gasteiger partial charge in [-0.15, -0.1) is 0 Å². The van der Waals surface area contributed by atoms with Crippen molar-refractivity contribution in [3.63, 3.8) is 0 Å². The number of anilines is 1. The summed E-state index contributed by atoms with van der Waals surface area (Å²) >= 11 is 0. The van der Waals surface area contributed by atoms with Gasteiger partial charge in [-0.05, 0) is 44.4 Å². The smallest absolute Gasteiger partial charge is 0.141 e. The zero-order chi connectivity index (χ0) is 11.4. The second-order valence-corrected chi connectivity index (χ2v) is 4.25. The van der Waals surface area contributed by atoms with Gasteiger partial charge in [-0.25, -0.2) is 9.37 Å². The highest BCUT2D eigenvalue weighted by Gasteiger charge is 2.24. The SMILES string of the molecule is NCCCC1CCCN1c1ccc(F)cn1. The molecule has 0 spiro atoms. The summed E-state index contributed by atoms with van der Waals surface area (Å²) in [6.07, 6.45) is 5.82. The molecule has 1 fully saturated rings. The van der Waals surface area contributed by atoms with Crippen molar-refractivity contribution in [1.29, 1.82) is 0 Å². The average molecular weight is 223 g/mol. The molecule has 0 radical (unpaired) electrons. The molecular weight excluding hydrogens is 205 g/mol. The lowest BCUT2D eigenvalue weighted by Crippen LogP contribution is -2.30. The lowest BCUT2D eigenvalue weighted by atomic mass is 10.1. The molecule has 16 heavy (non-hydrogen) atoms. The summed E-state index contributed by atoms with van der Waals surface area (Å²) in [5.41, 5.74) is 5.53. The average Bonchev–Trinajstić information content (AvgIpc) is 2.75. The molecule has 0 bridgehead atoms. The van der Waals surface area contributed by atoms with Crippen LogP contribution < -0.4 is 10.6 Å². The molecule has 1 aliphatic rings. The molecule has 1 aromatic heterocycles. The van der Waals surface area contributed by atoms with Gasteiger partial charge in [0, 0.05) is 12.6 Å². The van der Waals surface area contributed by atoms with E-state index in [2.05, 4.69) is 9.88 Å². The van der Waals surface area contributed by atoms with Gasteiger partial charge in [0.05, 0.1) is 6.20 Å². The van der Waals surface area contributed by atoms with E-state index in [-0.39, 0.29) is 5.82 Å². The van der Waals surface area contributed by atoms with E-state index in [4.69, 9.17) is 5.73 Å². The fraction of sp³-hybridized carbons (Fsp3) is 0.583. The van der Waals surface area contributed by atoms with Gasteiger partial charge in [0.25, 0.3) is 0 Å². The third-order valence-electron chi connectivity index (χ3n) is 3.12. The van der Waals surface area contributed by atoms with E-state index in [1.807, 2.05) is 0 Å². The molecule has 1 aromatic rings. The second kappa shape index (κ2) is 5.25. The van der Waals surface area contributed by atoms with Crippen molar-refractivity contribution in [1.82, 2.24) is 4.98 Å². The highest BCUT2D eigenvalue weighted by atomic mass is 19.1. The van der Waals surface area contributed by atoms with E-state index in [1.165, 1.54) is 25.1 Å². The summed E-state index contributed by atoms with van der Waals surface area (Å²) in [4.78, 5) is 6.41. The minimum Gasteiger partial charge on any atom is -0.354 e. The number of hydrogen-bond donors (Lipinski definition) is 1. The van der Waals surface area contributed by atoms with Crippen LogP contribution in [0.3, 0.4) is 0 Å². The molecule has 2 heterocycles. The molecular formula is C12H18FN3. The molecule has 2 N–H and O–H groups in total. The highest BCUT2D eigenvalue weighted by molar-refractivity contribution is 5.40. The van der Waals surface area contributed by atoms with Crippen LogP contribution in [-0.4, -0.2) is 24.1 Å². The van der Waals surface area contributed by atoms with Crippen LogP contribution in [0, 0.1) is 5.82 Å². The van der Waals surface area contributed by atoms with Crippen LogP contribution in [0.1, 0.15) is 25.7 Å². The molecule has 0 aromatic carbocycles. The van der Waals surface area contributed by atoms with Gasteiger partial charge in [-0.3, -0.25) is 0 Å². The predicted octanol–water partition coefficient (Wildman–Crippen LogP) is 1.93. The standard InChI is InChI=1S/C12H18FN3/c13-10-5-6-12(15-9-10)16-8-2-4-11(16)3-1-7-14/h5-6,9,11H,1-4,7-8,14H2. The first-order chi connectivity index (χ1) is 7.81. The first-order valence-electron chi connectivity index (χ1n) is 5.89. The Hall–Kier alpha value is -1.16. The molecule has 2 rings (SSSR count). The van der Waals surface area contributed by atoms with Crippen molar-refractivity contribution in [3.05, 3.63) is 24.1 Å². The van der Waals surface area contributed by atoms with E-state index >= 15 is 0 Å². The molecule has 3 nitrogen and oxygen atoms in total. The summed E-state index contributed by atoms with van der Waals surface area (Å²) < 4.78 is 12.8. The molecule has 0 aliphatic carbocycles.